The standard InChI is InChI=1S/C53H97NO2/c1-6-8-10-12-14-16-18-20-22-24-26-28-30-32-34-36-40-48-41-38-43-50(56-51(55)54-47-53(5)45-39-44-52(3,4)46-53)49(48)42-37-35-33-31-29-27-25-23-21-19-17-15-13-11-9-7-2/h38,41,43H,6-37,39-40,42,44-47H2,1-5H3,(H,54,55). The van der Waals surface area contributed by atoms with Gasteiger partial charge in [-0.25, -0.2) is 4.79 Å². The molecule has 1 aliphatic rings. The number of carbonyl (C=O) groups is 1. The molecule has 0 bridgehead atoms. The second-order valence-corrected chi connectivity index (χ2v) is 19.7. The van der Waals surface area contributed by atoms with E-state index in [0.29, 0.717) is 12.0 Å². The van der Waals surface area contributed by atoms with E-state index in [0.717, 1.165) is 25.0 Å². The number of hydrogen-bond acceptors (Lipinski definition) is 2. The highest BCUT2D eigenvalue weighted by Crippen LogP contribution is 2.45. The van der Waals surface area contributed by atoms with Crippen molar-refractivity contribution >= 4 is 6.09 Å². The number of rotatable bonds is 37. The first kappa shape index (κ1) is 50.6. The SMILES string of the molecule is CCCCCCCCCCCCCCCCCCc1cccc(OC(=O)NCC2(C)CCCC(C)(C)C2)c1CCCCCCCCCCCCCCCCCC. The van der Waals surface area contributed by atoms with E-state index < -0.39 is 0 Å². The zero-order valence-corrected chi connectivity index (χ0v) is 38.6. The van der Waals surface area contributed by atoms with Gasteiger partial charge in [-0.15, -0.1) is 0 Å². The number of aryl methyl sites for hydroxylation is 1. The van der Waals surface area contributed by atoms with Crippen LogP contribution >= 0.6 is 0 Å². The Morgan fingerprint density at radius 3 is 1.34 bits per heavy atom. The van der Waals surface area contributed by atoms with Gasteiger partial charge in [0.25, 0.3) is 0 Å². The van der Waals surface area contributed by atoms with Crippen LogP contribution in [-0.4, -0.2) is 12.6 Å². The fourth-order valence-electron chi connectivity index (χ4n) is 9.84. The summed E-state index contributed by atoms with van der Waals surface area (Å²) in [5, 5.41) is 3.19. The Labute approximate surface area is 350 Å². The van der Waals surface area contributed by atoms with Crippen LogP contribution in [0, 0.1) is 10.8 Å². The molecule has 0 spiro atoms. The van der Waals surface area contributed by atoms with E-state index in [1.54, 1.807) is 0 Å². The molecule has 56 heavy (non-hydrogen) atoms. The lowest BCUT2D eigenvalue weighted by molar-refractivity contribution is 0.0969. The number of unbranched alkanes of at least 4 members (excludes halogenated alkanes) is 30. The third kappa shape index (κ3) is 26.5. The van der Waals surface area contributed by atoms with Gasteiger partial charge in [-0.1, -0.05) is 246 Å². The summed E-state index contributed by atoms with van der Waals surface area (Å²) in [6.07, 6.45) is 51.3. The van der Waals surface area contributed by atoms with Crippen LogP contribution in [0.1, 0.15) is 277 Å². The Hall–Kier alpha value is -1.51. The van der Waals surface area contributed by atoms with Gasteiger partial charge < -0.3 is 10.1 Å². The average Bonchev–Trinajstić information content (AvgIpc) is 3.17. The van der Waals surface area contributed by atoms with Crippen molar-refractivity contribution in [2.45, 2.75) is 279 Å². The van der Waals surface area contributed by atoms with Crippen LogP contribution in [0.15, 0.2) is 18.2 Å². The van der Waals surface area contributed by atoms with Crippen LogP contribution in [0.2, 0.25) is 0 Å². The minimum Gasteiger partial charge on any atom is -0.410 e. The fraction of sp³-hybridized carbons (Fsp3) is 0.868. The third-order valence-electron chi connectivity index (χ3n) is 13.2. The molecular weight excluding hydrogens is 683 g/mol. The molecule has 0 aliphatic heterocycles. The van der Waals surface area contributed by atoms with Gasteiger partial charge in [-0.05, 0) is 73.0 Å². The Morgan fingerprint density at radius 2 is 0.929 bits per heavy atom. The summed E-state index contributed by atoms with van der Waals surface area (Å²) in [6.45, 7) is 12.4. The van der Waals surface area contributed by atoms with Crippen LogP contribution in [0.4, 0.5) is 4.79 Å². The van der Waals surface area contributed by atoms with Gasteiger partial charge in [-0.2, -0.15) is 0 Å². The quantitative estimate of drug-likeness (QED) is 0.0683. The predicted molar refractivity (Wildman–Crippen MR) is 247 cm³/mol. The van der Waals surface area contributed by atoms with E-state index in [4.69, 9.17) is 4.74 Å². The summed E-state index contributed by atoms with van der Waals surface area (Å²) in [5.74, 6) is 0.798. The molecule has 1 aromatic carbocycles. The first-order chi connectivity index (χ1) is 27.3. The molecule has 1 amide bonds. The number of benzene rings is 1. The van der Waals surface area contributed by atoms with Crippen LogP contribution in [0.3, 0.4) is 0 Å². The fourth-order valence-corrected chi connectivity index (χ4v) is 9.84. The predicted octanol–water partition coefficient (Wildman–Crippen LogP) is 18.0. The van der Waals surface area contributed by atoms with Gasteiger partial charge in [0.1, 0.15) is 5.75 Å². The van der Waals surface area contributed by atoms with Crippen LogP contribution in [-0.2, 0) is 12.8 Å². The average molecular weight is 780 g/mol. The molecule has 1 unspecified atom stereocenters. The lowest BCUT2D eigenvalue weighted by Crippen LogP contribution is -2.41. The van der Waals surface area contributed by atoms with Crippen molar-refractivity contribution in [3.8, 4) is 5.75 Å². The number of amides is 1. The van der Waals surface area contributed by atoms with Crippen LogP contribution in [0.5, 0.6) is 5.75 Å². The normalized spacial score (nSPS) is 16.7. The van der Waals surface area contributed by atoms with Crippen molar-refractivity contribution in [2.75, 3.05) is 6.54 Å². The minimum absolute atomic E-state index is 0.145. The van der Waals surface area contributed by atoms with Crippen molar-refractivity contribution < 1.29 is 9.53 Å². The number of nitrogens with one attached hydrogen (secondary N) is 1. The van der Waals surface area contributed by atoms with Gasteiger partial charge in [-0.3, -0.25) is 0 Å². The summed E-state index contributed by atoms with van der Waals surface area (Å²) in [4.78, 5) is 13.2. The van der Waals surface area contributed by atoms with E-state index in [-0.39, 0.29) is 11.5 Å². The van der Waals surface area contributed by atoms with Gasteiger partial charge in [0.2, 0.25) is 0 Å². The Balaban J connectivity index is 1.71. The smallest absolute Gasteiger partial charge is 0.410 e. The summed E-state index contributed by atoms with van der Waals surface area (Å²) in [5.41, 5.74) is 3.19. The minimum atomic E-state index is -0.276. The zero-order valence-electron chi connectivity index (χ0n) is 38.6. The molecule has 0 aromatic heterocycles. The first-order valence-corrected chi connectivity index (χ1v) is 25.3. The summed E-state index contributed by atoms with van der Waals surface area (Å²) >= 11 is 0. The molecule has 326 valence electrons. The maximum Gasteiger partial charge on any atom is 0.412 e. The Bertz CT molecular complexity index is 1060. The summed E-state index contributed by atoms with van der Waals surface area (Å²) in [7, 11) is 0. The maximum absolute atomic E-state index is 13.2. The highest BCUT2D eigenvalue weighted by molar-refractivity contribution is 5.71. The van der Waals surface area contributed by atoms with E-state index in [1.165, 1.54) is 236 Å². The first-order valence-electron chi connectivity index (χ1n) is 25.3. The Kier molecular flexibility index (Phi) is 30.1. The van der Waals surface area contributed by atoms with Crippen molar-refractivity contribution in [1.82, 2.24) is 5.32 Å². The molecule has 0 heterocycles. The summed E-state index contributed by atoms with van der Waals surface area (Å²) in [6, 6.07) is 6.47. The monoisotopic (exact) mass is 780 g/mol. The van der Waals surface area contributed by atoms with Crippen LogP contribution in [0.25, 0.3) is 0 Å². The van der Waals surface area contributed by atoms with Crippen molar-refractivity contribution in [3.63, 3.8) is 0 Å². The summed E-state index contributed by atoms with van der Waals surface area (Å²) < 4.78 is 6.14. The van der Waals surface area contributed by atoms with Crippen molar-refractivity contribution in [3.05, 3.63) is 29.3 Å². The lowest BCUT2D eigenvalue weighted by Gasteiger charge is -2.42. The van der Waals surface area contributed by atoms with Gasteiger partial charge >= 0.3 is 6.09 Å². The highest BCUT2D eigenvalue weighted by atomic mass is 16.6. The van der Waals surface area contributed by atoms with E-state index in [2.05, 4.69) is 52.1 Å². The molecule has 1 saturated carbocycles. The second-order valence-electron chi connectivity index (χ2n) is 19.7. The largest absolute Gasteiger partial charge is 0.412 e. The highest BCUT2D eigenvalue weighted by Gasteiger charge is 2.36. The second kappa shape index (κ2) is 33.3. The topological polar surface area (TPSA) is 38.3 Å². The van der Waals surface area contributed by atoms with Gasteiger partial charge in [0.05, 0.1) is 0 Å². The lowest BCUT2D eigenvalue weighted by atomic mass is 9.64. The molecule has 1 atom stereocenters. The zero-order chi connectivity index (χ0) is 40.4. The molecule has 1 fully saturated rings. The van der Waals surface area contributed by atoms with Crippen LogP contribution < -0.4 is 10.1 Å². The maximum atomic E-state index is 13.2. The molecular formula is C53H97NO2. The molecule has 1 N–H and O–H groups in total. The molecule has 3 nitrogen and oxygen atoms in total. The number of carbonyl (C=O) groups excluding carboxylic acids is 1. The van der Waals surface area contributed by atoms with E-state index in [9.17, 15) is 4.79 Å². The molecule has 2 rings (SSSR count). The molecule has 0 saturated heterocycles. The van der Waals surface area contributed by atoms with E-state index >= 15 is 0 Å². The van der Waals surface area contributed by atoms with Gasteiger partial charge in [0, 0.05) is 6.54 Å². The number of hydrogen-bond donors (Lipinski definition) is 1. The molecule has 1 aliphatic carbocycles. The third-order valence-corrected chi connectivity index (χ3v) is 13.2. The Morgan fingerprint density at radius 1 is 0.536 bits per heavy atom. The van der Waals surface area contributed by atoms with E-state index in [1.807, 2.05) is 6.07 Å². The number of ether oxygens (including phenoxy) is 1. The van der Waals surface area contributed by atoms with Gasteiger partial charge in [0.15, 0.2) is 0 Å². The molecule has 1 aromatic rings. The van der Waals surface area contributed by atoms with Crippen molar-refractivity contribution in [1.29, 1.82) is 0 Å². The molecule has 3 heteroatoms. The van der Waals surface area contributed by atoms with Crippen molar-refractivity contribution in [2.24, 2.45) is 10.8 Å². The molecule has 0 radical (unpaired) electrons.